The molecule has 0 radical (unpaired) electrons. The molecule has 110 valence electrons. The summed E-state index contributed by atoms with van der Waals surface area (Å²) >= 11 is 11.6. The van der Waals surface area contributed by atoms with Gasteiger partial charge in [0.25, 0.3) is 11.6 Å². The molecule has 1 aromatic carbocycles. The quantitative estimate of drug-likeness (QED) is 0.608. The van der Waals surface area contributed by atoms with Crippen molar-refractivity contribution in [3.8, 4) is 0 Å². The zero-order valence-corrected chi connectivity index (χ0v) is 13.0. The van der Waals surface area contributed by atoms with Gasteiger partial charge >= 0.3 is 0 Å². The Morgan fingerprint density at radius 1 is 1.45 bits per heavy atom. The summed E-state index contributed by atoms with van der Waals surface area (Å²) in [6.45, 7) is 4.64. The van der Waals surface area contributed by atoms with Gasteiger partial charge in [0.05, 0.1) is 9.95 Å². The first kappa shape index (κ1) is 16.7. The van der Waals surface area contributed by atoms with Crippen LogP contribution in [-0.4, -0.2) is 29.3 Å². The van der Waals surface area contributed by atoms with Gasteiger partial charge in [-0.25, -0.2) is 0 Å². The van der Waals surface area contributed by atoms with Crippen LogP contribution in [0.3, 0.4) is 0 Å². The van der Waals surface area contributed by atoms with Crippen LogP contribution in [0.1, 0.15) is 30.6 Å². The van der Waals surface area contributed by atoms with Gasteiger partial charge in [0.15, 0.2) is 0 Å². The number of halogens is 2. The number of rotatable bonds is 5. The summed E-state index contributed by atoms with van der Waals surface area (Å²) in [5.41, 5.74) is -0.198. The summed E-state index contributed by atoms with van der Waals surface area (Å²) in [5, 5.41) is 10.7. The standard InChI is InChI=1S/C13H16Cl2N2O3/c1-4-8(2)7-16(3)13(18)9-5-10(14)12(15)11(6-9)17(19)20/h5-6,8H,4,7H2,1-3H3. The molecule has 0 fully saturated rings. The molecule has 0 aliphatic carbocycles. The molecule has 5 nitrogen and oxygen atoms in total. The normalized spacial score (nSPS) is 12.1. The number of benzene rings is 1. The molecule has 0 aliphatic heterocycles. The van der Waals surface area contributed by atoms with Crippen molar-refractivity contribution in [1.82, 2.24) is 4.90 Å². The molecule has 0 heterocycles. The van der Waals surface area contributed by atoms with Crippen molar-refractivity contribution in [3.63, 3.8) is 0 Å². The van der Waals surface area contributed by atoms with E-state index in [0.29, 0.717) is 12.5 Å². The molecule has 0 saturated carbocycles. The third-order valence-electron chi connectivity index (χ3n) is 3.08. The molecule has 1 amide bonds. The Labute approximate surface area is 127 Å². The van der Waals surface area contributed by atoms with Gasteiger partial charge in [-0.05, 0) is 12.0 Å². The zero-order valence-electron chi connectivity index (χ0n) is 11.5. The Bertz CT molecular complexity index is 535. The minimum atomic E-state index is -0.653. The van der Waals surface area contributed by atoms with Crippen LogP contribution in [0.15, 0.2) is 12.1 Å². The highest BCUT2D eigenvalue weighted by atomic mass is 35.5. The molecule has 0 saturated heterocycles. The number of carbonyl (C=O) groups is 1. The Kier molecular flexibility index (Phi) is 5.77. The van der Waals surface area contributed by atoms with Crippen LogP contribution in [0.4, 0.5) is 5.69 Å². The molecule has 20 heavy (non-hydrogen) atoms. The molecule has 0 N–H and O–H groups in total. The van der Waals surface area contributed by atoms with E-state index in [9.17, 15) is 14.9 Å². The molecule has 1 atom stereocenters. The lowest BCUT2D eigenvalue weighted by atomic mass is 10.1. The van der Waals surface area contributed by atoms with E-state index in [-0.39, 0.29) is 27.2 Å². The van der Waals surface area contributed by atoms with Gasteiger partial charge in [-0.2, -0.15) is 0 Å². The van der Waals surface area contributed by atoms with Crippen LogP contribution in [0.25, 0.3) is 0 Å². The van der Waals surface area contributed by atoms with Gasteiger partial charge in [0.1, 0.15) is 5.02 Å². The van der Waals surface area contributed by atoms with Crippen molar-refractivity contribution in [2.45, 2.75) is 20.3 Å². The molecule has 0 spiro atoms. The van der Waals surface area contributed by atoms with E-state index in [4.69, 9.17) is 23.2 Å². The molecule has 0 bridgehead atoms. The highest BCUT2D eigenvalue weighted by Gasteiger charge is 2.22. The fraction of sp³-hybridized carbons (Fsp3) is 0.462. The summed E-state index contributed by atoms with van der Waals surface area (Å²) in [6, 6.07) is 2.51. The van der Waals surface area contributed by atoms with Gasteiger partial charge in [-0.1, -0.05) is 43.5 Å². The predicted octanol–water partition coefficient (Wildman–Crippen LogP) is 4.02. The van der Waals surface area contributed by atoms with Crippen molar-refractivity contribution in [1.29, 1.82) is 0 Å². The third kappa shape index (κ3) is 3.84. The van der Waals surface area contributed by atoms with E-state index in [0.717, 1.165) is 12.5 Å². The number of amides is 1. The van der Waals surface area contributed by atoms with Crippen LogP contribution in [0.2, 0.25) is 10.0 Å². The van der Waals surface area contributed by atoms with Crippen molar-refractivity contribution >= 4 is 34.8 Å². The molecule has 0 aromatic heterocycles. The van der Waals surface area contributed by atoms with Crippen LogP contribution >= 0.6 is 23.2 Å². The lowest BCUT2D eigenvalue weighted by molar-refractivity contribution is -0.384. The van der Waals surface area contributed by atoms with Gasteiger partial charge in [-0.3, -0.25) is 14.9 Å². The summed E-state index contributed by atoms with van der Waals surface area (Å²) in [4.78, 5) is 24.0. The van der Waals surface area contributed by atoms with Crippen LogP contribution in [0, 0.1) is 16.0 Å². The third-order valence-corrected chi connectivity index (χ3v) is 3.87. The average molecular weight is 319 g/mol. The molecule has 0 aliphatic rings. The minimum absolute atomic E-state index is 0.00107. The zero-order chi connectivity index (χ0) is 15.4. The fourth-order valence-corrected chi connectivity index (χ4v) is 2.12. The first-order valence-electron chi connectivity index (χ1n) is 6.16. The first-order valence-corrected chi connectivity index (χ1v) is 6.92. The molecule has 7 heteroatoms. The Balaban J connectivity index is 3.08. The highest BCUT2D eigenvalue weighted by molar-refractivity contribution is 6.43. The van der Waals surface area contributed by atoms with Crippen molar-refractivity contribution in [2.24, 2.45) is 5.92 Å². The van der Waals surface area contributed by atoms with E-state index in [1.807, 2.05) is 13.8 Å². The second-order valence-electron chi connectivity index (χ2n) is 4.75. The molecule has 1 aromatic rings. The van der Waals surface area contributed by atoms with Gasteiger partial charge < -0.3 is 4.90 Å². The van der Waals surface area contributed by atoms with E-state index in [1.54, 1.807) is 7.05 Å². The lowest BCUT2D eigenvalue weighted by Crippen LogP contribution is -2.30. The van der Waals surface area contributed by atoms with E-state index < -0.39 is 4.92 Å². The van der Waals surface area contributed by atoms with Gasteiger partial charge in [0.2, 0.25) is 0 Å². The number of hydrogen-bond donors (Lipinski definition) is 0. The van der Waals surface area contributed by atoms with Crippen molar-refractivity contribution in [2.75, 3.05) is 13.6 Å². The highest BCUT2D eigenvalue weighted by Crippen LogP contribution is 2.33. The maximum absolute atomic E-state index is 12.2. The van der Waals surface area contributed by atoms with Crippen LogP contribution < -0.4 is 0 Å². The maximum Gasteiger partial charge on any atom is 0.290 e. The molecule has 1 unspecified atom stereocenters. The topological polar surface area (TPSA) is 63.5 Å². The predicted molar refractivity (Wildman–Crippen MR) is 79.5 cm³/mol. The molecular weight excluding hydrogens is 303 g/mol. The average Bonchev–Trinajstić information content (AvgIpc) is 2.40. The fourth-order valence-electron chi connectivity index (χ4n) is 1.73. The maximum atomic E-state index is 12.2. The van der Waals surface area contributed by atoms with Crippen molar-refractivity contribution in [3.05, 3.63) is 37.9 Å². The second kappa shape index (κ2) is 6.90. The SMILES string of the molecule is CCC(C)CN(C)C(=O)c1cc(Cl)c(Cl)c([N+](=O)[O-])c1. The van der Waals surface area contributed by atoms with Gasteiger partial charge in [-0.15, -0.1) is 0 Å². The second-order valence-corrected chi connectivity index (χ2v) is 5.53. The molecule has 1 rings (SSSR count). The summed E-state index contributed by atoms with van der Waals surface area (Å²) in [7, 11) is 1.66. The lowest BCUT2D eigenvalue weighted by Gasteiger charge is -2.21. The van der Waals surface area contributed by atoms with E-state index in [1.165, 1.54) is 11.0 Å². The largest absolute Gasteiger partial charge is 0.341 e. The van der Waals surface area contributed by atoms with Gasteiger partial charge in [0, 0.05) is 25.2 Å². The number of nitro benzene ring substituents is 1. The molecular formula is C13H16Cl2N2O3. The summed E-state index contributed by atoms with van der Waals surface area (Å²) in [6.07, 6.45) is 0.944. The Morgan fingerprint density at radius 3 is 2.55 bits per heavy atom. The Hall–Kier alpha value is -1.33. The van der Waals surface area contributed by atoms with E-state index in [2.05, 4.69) is 0 Å². The van der Waals surface area contributed by atoms with Crippen LogP contribution in [0.5, 0.6) is 0 Å². The number of nitrogens with zero attached hydrogens (tertiary/aromatic N) is 2. The number of hydrogen-bond acceptors (Lipinski definition) is 3. The monoisotopic (exact) mass is 318 g/mol. The summed E-state index contributed by atoms with van der Waals surface area (Å²) < 4.78 is 0. The Morgan fingerprint density at radius 2 is 2.05 bits per heavy atom. The van der Waals surface area contributed by atoms with Crippen LogP contribution in [-0.2, 0) is 0 Å². The van der Waals surface area contributed by atoms with Crippen molar-refractivity contribution < 1.29 is 9.72 Å². The smallest absolute Gasteiger partial charge is 0.290 e. The van der Waals surface area contributed by atoms with E-state index >= 15 is 0 Å². The first-order chi connectivity index (χ1) is 9.27. The number of nitro groups is 1. The minimum Gasteiger partial charge on any atom is -0.341 e. The summed E-state index contributed by atoms with van der Waals surface area (Å²) in [5.74, 6) is 0.0358. The number of carbonyl (C=O) groups excluding carboxylic acids is 1.